The number of amides is 1. The molecule has 5 nitrogen and oxygen atoms in total. The van der Waals surface area contributed by atoms with E-state index in [0.717, 1.165) is 43.9 Å². The van der Waals surface area contributed by atoms with Crippen LogP contribution in [-0.2, 0) is 11.8 Å². The predicted molar refractivity (Wildman–Crippen MR) is 78.9 cm³/mol. The molecule has 20 heavy (non-hydrogen) atoms. The lowest BCUT2D eigenvalue weighted by molar-refractivity contribution is 0.0441. The van der Waals surface area contributed by atoms with Gasteiger partial charge in [-0.2, -0.15) is 16.9 Å². The number of rotatable bonds is 4. The van der Waals surface area contributed by atoms with Gasteiger partial charge in [-0.1, -0.05) is 0 Å². The number of carbonyl (C=O) groups is 1. The van der Waals surface area contributed by atoms with Crippen LogP contribution in [0.3, 0.4) is 0 Å². The Morgan fingerprint density at radius 1 is 1.60 bits per heavy atom. The molecule has 0 saturated carbocycles. The van der Waals surface area contributed by atoms with E-state index in [0.29, 0.717) is 11.6 Å². The average Bonchev–Trinajstić information content (AvgIpc) is 3.17. The minimum Gasteiger partial charge on any atom is -0.376 e. The van der Waals surface area contributed by atoms with E-state index < -0.39 is 0 Å². The summed E-state index contributed by atoms with van der Waals surface area (Å²) in [4.78, 5) is 14.8. The molecule has 1 aromatic rings. The number of hydrogen-bond donors (Lipinski definition) is 0. The van der Waals surface area contributed by atoms with Crippen LogP contribution in [0, 0.1) is 0 Å². The van der Waals surface area contributed by atoms with Gasteiger partial charge in [-0.25, -0.2) is 0 Å². The summed E-state index contributed by atoms with van der Waals surface area (Å²) in [6, 6.07) is 0.344. The Morgan fingerprint density at radius 3 is 3.10 bits per heavy atom. The summed E-state index contributed by atoms with van der Waals surface area (Å²) in [5.74, 6) is 2.28. The van der Waals surface area contributed by atoms with Crippen LogP contribution in [0.15, 0.2) is 12.4 Å². The van der Waals surface area contributed by atoms with Gasteiger partial charge in [0.2, 0.25) is 0 Å². The first-order chi connectivity index (χ1) is 9.74. The molecule has 2 atom stereocenters. The minimum absolute atomic E-state index is 0.0982. The molecule has 2 saturated heterocycles. The van der Waals surface area contributed by atoms with Crippen LogP contribution < -0.4 is 0 Å². The van der Waals surface area contributed by atoms with E-state index in [4.69, 9.17) is 4.74 Å². The number of thioether (sulfide) groups is 1. The van der Waals surface area contributed by atoms with E-state index in [1.807, 2.05) is 23.7 Å². The maximum Gasteiger partial charge on any atom is 0.257 e. The summed E-state index contributed by atoms with van der Waals surface area (Å²) >= 11 is 1.93. The molecule has 3 heterocycles. The lowest BCUT2D eigenvalue weighted by Crippen LogP contribution is -2.44. The lowest BCUT2D eigenvalue weighted by Gasteiger charge is -2.30. The second-order valence-electron chi connectivity index (χ2n) is 5.51. The van der Waals surface area contributed by atoms with Gasteiger partial charge in [-0.3, -0.25) is 9.48 Å². The van der Waals surface area contributed by atoms with Gasteiger partial charge < -0.3 is 9.64 Å². The summed E-state index contributed by atoms with van der Waals surface area (Å²) in [6.45, 7) is 1.55. The molecule has 3 rings (SSSR count). The largest absolute Gasteiger partial charge is 0.376 e. The van der Waals surface area contributed by atoms with Crippen molar-refractivity contribution in [3.05, 3.63) is 18.0 Å². The quantitative estimate of drug-likeness (QED) is 0.845. The van der Waals surface area contributed by atoms with Gasteiger partial charge >= 0.3 is 0 Å². The van der Waals surface area contributed by atoms with Crippen molar-refractivity contribution in [3.8, 4) is 0 Å². The summed E-state index contributed by atoms with van der Waals surface area (Å²) in [7, 11) is 1.84. The Morgan fingerprint density at radius 2 is 2.50 bits per heavy atom. The van der Waals surface area contributed by atoms with Crippen molar-refractivity contribution in [1.82, 2.24) is 14.7 Å². The van der Waals surface area contributed by atoms with Gasteiger partial charge in [-0.05, 0) is 25.0 Å². The fourth-order valence-electron chi connectivity index (χ4n) is 2.87. The molecule has 0 radical (unpaired) electrons. The molecule has 0 aliphatic carbocycles. The van der Waals surface area contributed by atoms with Gasteiger partial charge in [0, 0.05) is 38.2 Å². The molecule has 1 aromatic heterocycles. The van der Waals surface area contributed by atoms with Crippen LogP contribution >= 0.6 is 11.8 Å². The third-order valence-electron chi connectivity index (χ3n) is 3.98. The van der Waals surface area contributed by atoms with Gasteiger partial charge in [-0.15, -0.1) is 0 Å². The highest BCUT2D eigenvalue weighted by atomic mass is 32.2. The first-order valence-electron chi connectivity index (χ1n) is 7.23. The van der Waals surface area contributed by atoms with E-state index in [9.17, 15) is 4.79 Å². The van der Waals surface area contributed by atoms with Crippen LogP contribution in [0.25, 0.3) is 0 Å². The normalized spacial score (nSPS) is 26.1. The lowest BCUT2D eigenvalue weighted by atomic mass is 10.1. The maximum absolute atomic E-state index is 12.7. The van der Waals surface area contributed by atoms with E-state index in [1.165, 1.54) is 0 Å². The number of carbonyl (C=O) groups excluding carboxylic acids is 1. The Labute approximate surface area is 123 Å². The Balaban J connectivity index is 1.74. The average molecular weight is 295 g/mol. The fourth-order valence-corrected chi connectivity index (χ4v) is 4.09. The van der Waals surface area contributed by atoms with E-state index in [2.05, 4.69) is 5.10 Å². The fraction of sp³-hybridized carbons (Fsp3) is 0.714. The molecule has 0 N–H and O–H groups in total. The molecule has 2 fully saturated rings. The van der Waals surface area contributed by atoms with Crippen molar-refractivity contribution >= 4 is 17.7 Å². The third-order valence-corrected chi connectivity index (χ3v) is 5.13. The Bertz CT molecular complexity index is 465. The first kappa shape index (κ1) is 13.9. The molecule has 0 aromatic carbocycles. The smallest absolute Gasteiger partial charge is 0.257 e. The molecule has 0 unspecified atom stereocenters. The predicted octanol–water partition coefficient (Wildman–Crippen LogP) is 1.55. The molecular weight excluding hydrogens is 274 g/mol. The van der Waals surface area contributed by atoms with Crippen LogP contribution in [0.1, 0.15) is 29.6 Å². The SMILES string of the molecule is Cn1cc(C(=O)N(C[C@@H]2CCCO2)[C@H]2CCSC2)cn1. The molecule has 2 aliphatic rings. The molecule has 1 amide bonds. The Hall–Kier alpha value is -1.01. The number of hydrogen-bond acceptors (Lipinski definition) is 4. The zero-order chi connectivity index (χ0) is 13.9. The highest BCUT2D eigenvalue weighted by Gasteiger charge is 2.31. The molecular formula is C14H21N3O2S. The molecule has 110 valence electrons. The molecule has 0 spiro atoms. The Kier molecular flexibility index (Phi) is 4.31. The standard InChI is InChI=1S/C14H21N3O2S/c1-16-8-11(7-15-16)14(18)17(12-4-6-20-10-12)9-13-3-2-5-19-13/h7-8,12-13H,2-6,9-10H2,1H3/t12-,13-/m0/s1. The van der Waals surface area contributed by atoms with Crippen molar-refractivity contribution in [2.75, 3.05) is 24.7 Å². The number of aromatic nitrogens is 2. The first-order valence-corrected chi connectivity index (χ1v) is 8.38. The van der Waals surface area contributed by atoms with E-state index in [1.54, 1.807) is 17.1 Å². The highest BCUT2D eigenvalue weighted by molar-refractivity contribution is 7.99. The number of aryl methyl sites for hydroxylation is 1. The van der Waals surface area contributed by atoms with Crippen molar-refractivity contribution in [2.45, 2.75) is 31.4 Å². The van der Waals surface area contributed by atoms with Crippen molar-refractivity contribution < 1.29 is 9.53 Å². The van der Waals surface area contributed by atoms with Crippen molar-refractivity contribution in [2.24, 2.45) is 7.05 Å². The minimum atomic E-state index is 0.0982. The number of nitrogens with zero attached hydrogens (tertiary/aromatic N) is 3. The van der Waals surface area contributed by atoms with E-state index in [-0.39, 0.29) is 12.0 Å². The van der Waals surface area contributed by atoms with Crippen LogP contribution in [0.2, 0.25) is 0 Å². The topological polar surface area (TPSA) is 47.4 Å². The summed E-state index contributed by atoms with van der Waals surface area (Å²) in [5, 5.41) is 4.11. The molecule has 2 aliphatic heterocycles. The van der Waals surface area contributed by atoms with Gasteiger partial charge in [0.05, 0.1) is 17.9 Å². The van der Waals surface area contributed by atoms with Crippen LogP contribution in [0.5, 0.6) is 0 Å². The van der Waals surface area contributed by atoms with Gasteiger partial charge in [0.25, 0.3) is 5.91 Å². The zero-order valence-corrected chi connectivity index (χ0v) is 12.6. The monoisotopic (exact) mass is 295 g/mol. The van der Waals surface area contributed by atoms with Crippen molar-refractivity contribution in [1.29, 1.82) is 0 Å². The second-order valence-corrected chi connectivity index (χ2v) is 6.66. The van der Waals surface area contributed by atoms with Gasteiger partial charge in [0.1, 0.15) is 0 Å². The molecule has 0 bridgehead atoms. The summed E-state index contributed by atoms with van der Waals surface area (Å²) in [5.41, 5.74) is 0.683. The zero-order valence-electron chi connectivity index (χ0n) is 11.8. The highest BCUT2D eigenvalue weighted by Crippen LogP contribution is 2.25. The summed E-state index contributed by atoms with van der Waals surface area (Å²) < 4.78 is 7.39. The third kappa shape index (κ3) is 3.01. The summed E-state index contributed by atoms with van der Waals surface area (Å²) in [6.07, 6.45) is 6.93. The number of ether oxygens (including phenoxy) is 1. The van der Waals surface area contributed by atoms with Gasteiger partial charge in [0.15, 0.2) is 0 Å². The maximum atomic E-state index is 12.7. The van der Waals surface area contributed by atoms with Crippen LogP contribution in [0.4, 0.5) is 0 Å². The molecule has 6 heteroatoms. The second kappa shape index (κ2) is 6.18. The van der Waals surface area contributed by atoms with E-state index >= 15 is 0 Å². The van der Waals surface area contributed by atoms with Crippen LogP contribution in [-0.4, -0.2) is 57.4 Å². The van der Waals surface area contributed by atoms with Crippen molar-refractivity contribution in [3.63, 3.8) is 0 Å².